The summed E-state index contributed by atoms with van der Waals surface area (Å²) >= 11 is 0. The fourth-order valence-electron chi connectivity index (χ4n) is 7.77. The third-order valence-electron chi connectivity index (χ3n) is 11.4. The molecule has 0 amide bonds. The summed E-state index contributed by atoms with van der Waals surface area (Å²) in [5, 5.41) is 0. The monoisotopic (exact) mass is 753 g/mol. The second-order valence-electron chi connectivity index (χ2n) is 16.8. The normalized spacial score (nSPS) is 13.0. The average molecular weight is 753 g/mol. The molecule has 0 fully saturated rings. The molecule has 0 spiro atoms. The third kappa shape index (κ3) is 41.3. The fraction of sp³-hybridized carbons (Fsp3) is 1.00. The van der Waals surface area contributed by atoms with E-state index < -0.39 is 0 Å². The van der Waals surface area contributed by atoms with Crippen LogP contribution in [0.25, 0.3) is 0 Å². The zero-order valence-corrected chi connectivity index (χ0v) is 37.1. The van der Waals surface area contributed by atoms with Crippen LogP contribution < -0.4 is 5.73 Å². The molecule has 0 radical (unpaired) electrons. The first-order valence-electron chi connectivity index (χ1n) is 24.4. The molecular weight excluding hydrogens is 653 g/mol. The Morgan fingerprint density at radius 3 is 1.08 bits per heavy atom. The molecule has 2 atom stereocenters. The van der Waals surface area contributed by atoms with Crippen molar-refractivity contribution < 1.29 is 14.2 Å². The van der Waals surface area contributed by atoms with Gasteiger partial charge < -0.3 is 24.8 Å². The predicted octanol–water partition coefficient (Wildman–Crippen LogP) is 14.1. The second kappa shape index (κ2) is 46.2. The molecule has 0 aromatic rings. The molecule has 0 aliphatic heterocycles. The van der Waals surface area contributed by atoms with E-state index in [0.717, 1.165) is 51.4 Å². The van der Waals surface area contributed by atoms with Gasteiger partial charge in [0.1, 0.15) is 0 Å². The first-order valence-corrected chi connectivity index (χ1v) is 24.4. The molecule has 0 aliphatic carbocycles. The van der Waals surface area contributed by atoms with E-state index in [1.807, 2.05) is 0 Å². The van der Waals surface area contributed by atoms with E-state index in [9.17, 15) is 0 Å². The van der Waals surface area contributed by atoms with Gasteiger partial charge in [-0.2, -0.15) is 0 Å². The van der Waals surface area contributed by atoms with Crippen molar-refractivity contribution in [3.63, 3.8) is 0 Å². The van der Waals surface area contributed by atoms with Crippen LogP contribution in [0, 0.1) is 11.8 Å². The summed E-state index contributed by atoms with van der Waals surface area (Å²) in [4.78, 5) is 2.64. The zero-order valence-electron chi connectivity index (χ0n) is 37.1. The highest BCUT2D eigenvalue weighted by atomic mass is 16.5. The summed E-state index contributed by atoms with van der Waals surface area (Å²) in [6.07, 6.45) is 43.4. The lowest BCUT2D eigenvalue weighted by atomic mass is 9.95. The minimum Gasteiger partial charge on any atom is -0.381 e. The molecule has 0 bridgehead atoms. The number of nitrogens with two attached hydrogens (primary N) is 1. The minimum absolute atomic E-state index is 0.613. The van der Waals surface area contributed by atoms with Gasteiger partial charge in [-0.15, -0.1) is 0 Å². The molecule has 53 heavy (non-hydrogen) atoms. The first kappa shape index (κ1) is 52.8. The predicted molar refractivity (Wildman–Crippen MR) is 235 cm³/mol. The van der Waals surface area contributed by atoms with Crippen molar-refractivity contribution in [2.75, 3.05) is 65.8 Å². The average Bonchev–Trinajstić information content (AvgIpc) is 3.17. The van der Waals surface area contributed by atoms with E-state index in [0.29, 0.717) is 13.2 Å². The van der Waals surface area contributed by atoms with Crippen LogP contribution in [-0.2, 0) is 14.2 Å². The lowest BCUT2D eigenvalue weighted by Gasteiger charge is -2.22. The molecule has 2 unspecified atom stereocenters. The van der Waals surface area contributed by atoms with Crippen molar-refractivity contribution in [2.24, 2.45) is 17.6 Å². The lowest BCUT2D eigenvalue weighted by molar-refractivity contribution is 0.0869. The number of rotatable bonds is 47. The van der Waals surface area contributed by atoms with Gasteiger partial charge in [-0.25, -0.2) is 0 Å². The summed E-state index contributed by atoms with van der Waals surface area (Å²) in [5.74, 6) is 1.55. The quantitative estimate of drug-likeness (QED) is 0.0627. The highest BCUT2D eigenvalue weighted by Crippen LogP contribution is 2.21. The van der Waals surface area contributed by atoms with Gasteiger partial charge in [-0.1, -0.05) is 182 Å². The summed E-state index contributed by atoms with van der Waals surface area (Å²) < 4.78 is 18.3. The maximum absolute atomic E-state index is 6.27. The van der Waals surface area contributed by atoms with E-state index in [4.69, 9.17) is 19.9 Å². The molecule has 5 nitrogen and oxygen atoms in total. The van der Waals surface area contributed by atoms with E-state index in [2.05, 4.69) is 32.6 Å². The van der Waals surface area contributed by atoms with Crippen LogP contribution in [0.4, 0.5) is 0 Å². The maximum atomic E-state index is 6.27. The highest BCUT2D eigenvalue weighted by Gasteiger charge is 2.11. The van der Waals surface area contributed by atoms with Crippen LogP contribution >= 0.6 is 0 Å². The molecule has 0 aromatic heterocycles. The Labute approximate surface area is 334 Å². The topological polar surface area (TPSA) is 57.0 Å². The Bertz CT molecular complexity index is 602. The Balaban J connectivity index is 4.23. The molecule has 0 rings (SSSR count). The van der Waals surface area contributed by atoms with Crippen molar-refractivity contribution >= 4 is 0 Å². The van der Waals surface area contributed by atoms with Gasteiger partial charge >= 0.3 is 0 Å². The zero-order chi connectivity index (χ0) is 38.6. The number of nitrogens with zero attached hydrogens (tertiary/aromatic N) is 1. The number of hydrogen-bond acceptors (Lipinski definition) is 5. The van der Waals surface area contributed by atoms with Gasteiger partial charge in [-0.3, -0.25) is 0 Å². The van der Waals surface area contributed by atoms with Crippen LogP contribution in [0.5, 0.6) is 0 Å². The largest absolute Gasteiger partial charge is 0.381 e. The number of ether oxygens (including phenoxy) is 3. The van der Waals surface area contributed by atoms with E-state index in [1.165, 1.54) is 219 Å². The summed E-state index contributed by atoms with van der Waals surface area (Å²) in [5.41, 5.74) is 5.66. The van der Waals surface area contributed by atoms with E-state index in [-0.39, 0.29) is 0 Å². The van der Waals surface area contributed by atoms with Gasteiger partial charge in [0.15, 0.2) is 0 Å². The lowest BCUT2D eigenvalue weighted by Crippen LogP contribution is -2.30. The van der Waals surface area contributed by atoms with Crippen LogP contribution in [0.1, 0.15) is 233 Å². The minimum atomic E-state index is 0.613. The van der Waals surface area contributed by atoms with Crippen LogP contribution in [0.2, 0.25) is 0 Å². The highest BCUT2D eigenvalue weighted by molar-refractivity contribution is 4.63. The van der Waals surface area contributed by atoms with Crippen molar-refractivity contribution in [2.45, 2.75) is 233 Å². The fourth-order valence-corrected chi connectivity index (χ4v) is 7.77. The smallest absolute Gasteiger partial charge is 0.0594 e. The maximum Gasteiger partial charge on any atom is 0.0594 e. The van der Waals surface area contributed by atoms with Crippen LogP contribution in [0.3, 0.4) is 0 Å². The summed E-state index contributed by atoms with van der Waals surface area (Å²) in [6.45, 7) is 18.6. The SMILES string of the molecule is CCCCCCCCC(CCCCCC)COCCCCCCN(CCCCCCOCC(CCCCCC)CCCCCCCC)CCOCCN. The Hall–Kier alpha value is -0.200. The van der Waals surface area contributed by atoms with Crippen molar-refractivity contribution in [3.05, 3.63) is 0 Å². The molecule has 0 saturated carbocycles. The molecule has 320 valence electrons. The molecule has 5 heteroatoms. The van der Waals surface area contributed by atoms with Gasteiger partial charge in [-0.05, 0) is 76.3 Å². The number of hydrogen-bond donors (Lipinski definition) is 1. The number of unbranched alkanes of at least 4 members (excludes halogenated alkanes) is 22. The van der Waals surface area contributed by atoms with Gasteiger partial charge in [0, 0.05) is 39.5 Å². The Kier molecular flexibility index (Phi) is 46.0. The molecule has 0 aliphatic rings. The second-order valence-corrected chi connectivity index (χ2v) is 16.8. The van der Waals surface area contributed by atoms with E-state index >= 15 is 0 Å². The molecule has 0 saturated heterocycles. The van der Waals surface area contributed by atoms with Crippen molar-refractivity contribution in [1.82, 2.24) is 4.90 Å². The molecule has 0 heterocycles. The van der Waals surface area contributed by atoms with Crippen molar-refractivity contribution in [3.8, 4) is 0 Å². The van der Waals surface area contributed by atoms with E-state index in [1.54, 1.807) is 0 Å². The summed E-state index contributed by atoms with van der Waals surface area (Å²) in [7, 11) is 0. The standard InChI is InChI=1S/C48H100N2O3/c1-5-9-13-17-19-27-35-47(33-25-15-11-7-3)45-52-41-31-23-21-29-38-50(40-44-51-43-37-49)39-30-22-24-32-42-53-46-48(34-26-16-12-8-4)36-28-20-18-14-10-6-2/h47-48H,5-46,49H2,1-4H3. The van der Waals surface area contributed by atoms with Crippen molar-refractivity contribution in [1.29, 1.82) is 0 Å². The van der Waals surface area contributed by atoms with Crippen LogP contribution in [-0.4, -0.2) is 70.7 Å². The molecular formula is C48H100N2O3. The Morgan fingerprint density at radius 2 is 0.679 bits per heavy atom. The van der Waals surface area contributed by atoms with Crippen LogP contribution in [0.15, 0.2) is 0 Å². The van der Waals surface area contributed by atoms with Gasteiger partial charge in [0.2, 0.25) is 0 Å². The molecule has 2 N–H and O–H groups in total. The Morgan fingerprint density at radius 1 is 0.340 bits per heavy atom. The van der Waals surface area contributed by atoms with Gasteiger partial charge in [0.05, 0.1) is 13.2 Å². The third-order valence-corrected chi connectivity index (χ3v) is 11.4. The summed E-state index contributed by atoms with van der Waals surface area (Å²) in [6, 6.07) is 0. The molecule has 0 aromatic carbocycles. The first-order chi connectivity index (χ1) is 26.2. The van der Waals surface area contributed by atoms with Gasteiger partial charge in [0.25, 0.3) is 0 Å².